The predicted molar refractivity (Wildman–Crippen MR) is 76.8 cm³/mol. The van der Waals surface area contributed by atoms with Crippen molar-refractivity contribution in [2.75, 3.05) is 36.9 Å². The second kappa shape index (κ2) is 6.91. The highest BCUT2D eigenvalue weighted by molar-refractivity contribution is 5.92. The minimum atomic E-state index is -0.126. The Hall–Kier alpha value is -2.08. The van der Waals surface area contributed by atoms with Gasteiger partial charge in [-0.05, 0) is 24.3 Å². The number of urea groups is 1. The quantitative estimate of drug-likeness (QED) is 0.886. The third-order valence-electron chi connectivity index (χ3n) is 3.04. The molecule has 1 saturated heterocycles. The van der Waals surface area contributed by atoms with Crippen molar-refractivity contribution in [2.24, 2.45) is 0 Å². The molecular formula is C14H19N3O3. The number of amides is 3. The molecule has 0 bridgehead atoms. The van der Waals surface area contributed by atoms with Gasteiger partial charge >= 0.3 is 6.03 Å². The summed E-state index contributed by atoms with van der Waals surface area (Å²) in [6.07, 6.45) is 0.440. The molecule has 0 atom stereocenters. The van der Waals surface area contributed by atoms with Crippen molar-refractivity contribution >= 4 is 23.3 Å². The molecule has 1 fully saturated rings. The molecule has 1 aliphatic rings. The van der Waals surface area contributed by atoms with Crippen LogP contribution in [-0.2, 0) is 9.53 Å². The number of rotatable bonds is 3. The van der Waals surface area contributed by atoms with Crippen molar-refractivity contribution in [1.29, 1.82) is 0 Å². The van der Waals surface area contributed by atoms with Crippen molar-refractivity contribution in [2.45, 2.75) is 13.3 Å². The summed E-state index contributed by atoms with van der Waals surface area (Å²) < 4.78 is 5.20. The lowest BCUT2D eigenvalue weighted by Gasteiger charge is -2.26. The number of morpholine rings is 1. The first-order valence-electron chi connectivity index (χ1n) is 6.72. The first-order chi connectivity index (χ1) is 9.69. The van der Waals surface area contributed by atoms with Crippen LogP contribution in [0.25, 0.3) is 0 Å². The molecule has 6 heteroatoms. The molecule has 0 spiro atoms. The Balaban J connectivity index is 1.89. The van der Waals surface area contributed by atoms with Gasteiger partial charge in [0.1, 0.15) is 0 Å². The molecule has 1 aromatic carbocycles. The van der Waals surface area contributed by atoms with Crippen molar-refractivity contribution in [3.63, 3.8) is 0 Å². The number of ether oxygens (including phenoxy) is 1. The Morgan fingerprint density at radius 3 is 2.20 bits per heavy atom. The monoisotopic (exact) mass is 277 g/mol. The molecule has 2 rings (SSSR count). The SMILES string of the molecule is CCC(=O)Nc1ccc(NC(=O)N2CCOCC2)cc1. The van der Waals surface area contributed by atoms with Gasteiger partial charge in [0.15, 0.2) is 0 Å². The maximum Gasteiger partial charge on any atom is 0.321 e. The van der Waals surface area contributed by atoms with Crippen LogP contribution >= 0.6 is 0 Å². The van der Waals surface area contributed by atoms with E-state index in [2.05, 4.69) is 10.6 Å². The molecule has 1 heterocycles. The molecule has 0 radical (unpaired) electrons. The zero-order chi connectivity index (χ0) is 14.4. The van der Waals surface area contributed by atoms with E-state index in [1.807, 2.05) is 0 Å². The summed E-state index contributed by atoms with van der Waals surface area (Å²) in [5.74, 6) is -0.0323. The van der Waals surface area contributed by atoms with Gasteiger partial charge in [-0.15, -0.1) is 0 Å². The minimum absolute atomic E-state index is 0.0323. The standard InChI is InChI=1S/C14H19N3O3/c1-2-13(18)15-11-3-5-12(6-4-11)16-14(19)17-7-9-20-10-8-17/h3-6H,2,7-10H2,1H3,(H,15,18)(H,16,19). The number of hydrogen-bond donors (Lipinski definition) is 2. The van der Waals surface area contributed by atoms with Crippen LogP contribution in [0.2, 0.25) is 0 Å². The van der Waals surface area contributed by atoms with Gasteiger partial charge in [0.05, 0.1) is 13.2 Å². The molecule has 1 aliphatic heterocycles. The van der Waals surface area contributed by atoms with Crippen molar-refractivity contribution in [3.05, 3.63) is 24.3 Å². The summed E-state index contributed by atoms with van der Waals surface area (Å²) in [5, 5.41) is 5.58. The lowest BCUT2D eigenvalue weighted by atomic mass is 10.2. The Morgan fingerprint density at radius 1 is 1.10 bits per heavy atom. The maximum atomic E-state index is 12.0. The summed E-state index contributed by atoms with van der Waals surface area (Å²) in [5.41, 5.74) is 1.43. The van der Waals surface area contributed by atoms with Crippen LogP contribution in [-0.4, -0.2) is 43.1 Å². The van der Waals surface area contributed by atoms with Gasteiger partial charge in [-0.1, -0.05) is 6.92 Å². The lowest BCUT2D eigenvalue weighted by molar-refractivity contribution is -0.115. The molecule has 0 aromatic heterocycles. The number of hydrogen-bond acceptors (Lipinski definition) is 3. The Morgan fingerprint density at radius 2 is 1.65 bits per heavy atom. The molecule has 108 valence electrons. The normalized spacial score (nSPS) is 14.8. The molecule has 2 N–H and O–H groups in total. The van der Waals surface area contributed by atoms with E-state index in [4.69, 9.17) is 4.74 Å². The first kappa shape index (κ1) is 14.3. The van der Waals surface area contributed by atoms with Crippen LogP contribution in [0.3, 0.4) is 0 Å². The lowest BCUT2D eigenvalue weighted by Crippen LogP contribution is -2.43. The van der Waals surface area contributed by atoms with E-state index in [9.17, 15) is 9.59 Å². The number of nitrogens with one attached hydrogen (secondary N) is 2. The number of benzene rings is 1. The van der Waals surface area contributed by atoms with Gasteiger partial charge in [0, 0.05) is 30.9 Å². The Labute approximate surface area is 118 Å². The smallest absolute Gasteiger partial charge is 0.321 e. The molecule has 1 aromatic rings. The second-order valence-electron chi connectivity index (χ2n) is 4.51. The summed E-state index contributed by atoms with van der Waals surface area (Å²) in [6, 6.07) is 6.94. The van der Waals surface area contributed by atoms with Crippen LogP contribution in [0.15, 0.2) is 24.3 Å². The maximum absolute atomic E-state index is 12.0. The van der Waals surface area contributed by atoms with E-state index in [1.54, 1.807) is 36.1 Å². The third kappa shape index (κ3) is 3.96. The highest BCUT2D eigenvalue weighted by atomic mass is 16.5. The van der Waals surface area contributed by atoms with E-state index in [0.717, 1.165) is 5.69 Å². The van der Waals surface area contributed by atoms with E-state index in [0.29, 0.717) is 38.4 Å². The van der Waals surface area contributed by atoms with Crippen molar-refractivity contribution in [1.82, 2.24) is 4.90 Å². The summed E-state index contributed by atoms with van der Waals surface area (Å²) >= 11 is 0. The van der Waals surface area contributed by atoms with Crippen LogP contribution in [0.4, 0.5) is 16.2 Å². The number of carbonyl (C=O) groups is 2. The first-order valence-corrected chi connectivity index (χ1v) is 6.72. The van der Waals surface area contributed by atoms with Crippen LogP contribution in [0, 0.1) is 0 Å². The molecular weight excluding hydrogens is 258 g/mol. The summed E-state index contributed by atoms with van der Waals surface area (Å²) in [7, 11) is 0. The van der Waals surface area contributed by atoms with E-state index >= 15 is 0 Å². The molecule has 0 aliphatic carbocycles. The predicted octanol–water partition coefficient (Wildman–Crippen LogP) is 1.90. The fourth-order valence-electron chi connectivity index (χ4n) is 1.86. The molecule has 6 nitrogen and oxygen atoms in total. The second-order valence-corrected chi connectivity index (χ2v) is 4.51. The zero-order valence-electron chi connectivity index (χ0n) is 11.5. The minimum Gasteiger partial charge on any atom is -0.378 e. The van der Waals surface area contributed by atoms with Crippen molar-refractivity contribution < 1.29 is 14.3 Å². The van der Waals surface area contributed by atoms with Gasteiger partial charge in [0.25, 0.3) is 0 Å². The average Bonchev–Trinajstić information content (AvgIpc) is 2.50. The highest BCUT2D eigenvalue weighted by Gasteiger charge is 2.16. The fraction of sp³-hybridized carbons (Fsp3) is 0.429. The van der Waals surface area contributed by atoms with Crippen LogP contribution < -0.4 is 10.6 Å². The number of carbonyl (C=O) groups excluding carboxylic acids is 2. The fourth-order valence-corrected chi connectivity index (χ4v) is 1.86. The molecule has 0 unspecified atom stereocenters. The average molecular weight is 277 g/mol. The molecule has 20 heavy (non-hydrogen) atoms. The van der Waals surface area contributed by atoms with Crippen LogP contribution in [0.1, 0.15) is 13.3 Å². The van der Waals surface area contributed by atoms with Crippen LogP contribution in [0.5, 0.6) is 0 Å². The number of anilines is 2. The van der Waals surface area contributed by atoms with E-state index in [-0.39, 0.29) is 11.9 Å². The molecule has 3 amide bonds. The topological polar surface area (TPSA) is 70.7 Å². The van der Waals surface area contributed by atoms with E-state index < -0.39 is 0 Å². The summed E-state index contributed by atoms with van der Waals surface area (Å²) in [6.45, 7) is 4.17. The molecule has 0 saturated carbocycles. The van der Waals surface area contributed by atoms with Crippen molar-refractivity contribution in [3.8, 4) is 0 Å². The van der Waals surface area contributed by atoms with Gasteiger partial charge in [-0.25, -0.2) is 4.79 Å². The van der Waals surface area contributed by atoms with E-state index in [1.165, 1.54) is 0 Å². The summed E-state index contributed by atoms with van der Waals surface area (Å²) in [4.78, 5) is 24.9. The highest BCUT2D eigenvalue weighted by Crippen LogP contribution is 2.14. The Kier molecular flexibility index (Phi) is 4.95. The largest absolute Gasteiger partial charge is 0.378 e. The van der Waals surface area contributed by atoms with Gasteiger partial charge in [-0.3, -0.25) is 4.79 Å². The number of nitrogens with zero attached hydrogens (tertiary/aromatic N) is 1. The van der Waals surface area contributed by atoms with Gasteiger partial charge in [-0.2, -0.15) is 0 Å². The van der Waals surface area contributed by atoms with Gasteiger partial charge in [0.2, 0.25) is 5.91 Å². The third-order valence-corrected chi connectivity index (χ3v) is 3.04. The van der Waals surface area contributed by atoms with Gasteiger partial charge < -0.3 is 20.3 Å². The Bertz CT molecular complexity index is 467. The zero-order valence-corrected chi connectivity index (χ0v) is 11.5.